The van der Waals surface area contributed by atoms with Crippen LogP contribution in [0, 0.1) is 6.92 Å². The van der Waals surface area contributed by atoms with Crippen LogP contribution in [0.25, 0.3) is 0 Å². The second-order valence-corrected chi connectivity index (χ2v) is 9.16. The van der Waals surface area contributed by atoms with Crippen molar-refractivity contribution in [1.29, 1.82) is 0 Å². The zero-order chi connectivity index (χ0) is 18.0. The van der Waals surface area contributed by atoms with E-state index in [0.717, 1.165) is 38.4 Å². The molecular weight excluding hydrogens is 338 g/mol. The Bertz CT molecular complexity index is 665. The zero-order valence-corrected chi connectivity index (χ0v) is 16.2. The molecular formula is C18H29N3O3S. The van der Waals surface area contributed by atoms with Gasteiger partial charge in [0.25, 0.3) is 0 Å². The van der Waals surface area contributed by atoms with Crippen molar-refractivity contribution in [1.82, 2.24) is 14.1 Å². The lowest BCUT2D eigenvalue weighted by Gasteiger charge is -2.44. The SMILES string of the molecule is Cc1ccc(S(=O)(=O)N2CC(N(C)CC(C)N3CCOCC3)C2)cc1. The van der Waals surface area contributed by atoms with Crippen LogP contribution in [-0.4, -0.2) is 87.6 Å². The van der Waals surface area contributed by atoms with Crippen molar-refractivity contribution < 1.29 is 13.2 Å². The van der Waals surface area contributed by atoms with E-state index in [4.69, 9.17) is 4.74 Å². The van der Waals surface area contributed by atoms with Gasteiger partial charge in [0.05, 0.1) is 18.1 Å². The van der Waals surface area contributed by atoms with Crippen LogP contribution in [0.1, 0.15) is 12.5 Å². The number of ether oxygens (including phenoxy) is 1. The summed E-state index contributed by atoms with van der Waals surface area (Å²) in [4.78, 5) is 5.13. The molecule has 0 spiro atoms. The minimum absolute atomic E-state index is 0.295. The maximum atomic E-state index is 12.6. The molecule has 1 aromatic carbocycles. The molecule has 7 heteroatoms. The second kappa shape index (κ2) is 7.72. The van der Waals surface area contributed by atoms with E-state index in [0.29, 0.717) is 30.1 Å². The molecule has 1 unspecified atom stereocenters. The molecule has 0 amide bonds. The van der Waals surface area contributed by atoms with E-state index in [2.05, 4.69) is 23.8 Å². The third kappa shape index (κ3) is 4.23. The van der Waals surface area contributed by atoms with Crippen molar-refractivity contribution in [2.75, 3.05) is 53.0 Å². The fraction of sp³-hybridized carbons (Fsp3) is 0.667. The molecule has 6 nitrogen and oxygen atoms in total. The largest absolute Gasteiger partial charge is 0.379 e. The number of morpholine rings is 1. The molecule has 0 aromatic heterocycles. The lowest BCUT2D eigenvalue weighted by atomic mass is 10.1. The van der Waals surface area contributed by atoms with Gasteiger partial charge >= 0.3 is 0 Å². The highest BCUT2D eigenvalue weighted by atomic mass is 32.2. The van der Waals surface area contributed by atoms with Gasteiger partial charge in [0.2, 0.25) is 10.0 Å². The van der Waals surface area contributed by atoms with Gasteiger partial charge in [0.1, 0.15) is 0 Å². The normalized spacial score (nSPS) is 22.1. The molecule has 2 aliphatic rings. The number of rotatable bonds is 6. The minimum atomic E-state index is -3.35. The van der Waals surface area contributed by atoms with Gasteiger partial charge in [-0.1, -0.05) is 17.7 Å². The smallest absolute Gasteiger partial charge is 0.243 e. The van der Waals surface area contributed by atoms with Gasteiger partial charge in [-0.3, -0.25) is 9.80 Å². The Hall–Kier alpha value is -0.990. The lowest BCUT2D eigenvalue weighted by molar-refractivity contribution is 0.00553. The number of sulfonamides is 1. The van der Waals surface area contributed by atoms with Gasteiger partial charge < -0.3 is 4.74 Å². The molecule has 0 bridgehead atoms. The summed E-state index contributed by atoms with van der Waals surface area (Å²) < 4.78 is 32.3. The first-order chi connectivity index (χ1) is 11.9. The predicted octanol–water partition coefficient (Wildman–Crippen LogP) is 1.02. The fourth-order valence-corrected chi connectivity index (χ4v) is 4.97. The van der Waals surface area contributed by atoms with Crippen LogP contribution in [0.4, 0.5) is 0 Å². The molecule has 1 aromatic rings. The molecule has 2 fully saturated rings. The quantitative estimate of drug-likeness (QED) is 0.751. The molecule has 0 N–H and O–H groups in total. The van der Waals surface area contributed by atoms with E-state index in [1.807, 2.05) is 19.1 Å². The summed E-state index contributed by atoms with van der Waals surface area (Å²) in [5, 5.41) is 0. The molecule has 0 saturated carbocycles. The first-order valence-corrected chi connectivity index (χ1v) is 10.4. The molecule has 3 rings (SSSR count). The Morgan fingerprint density at radius 2 is 1.80 bits per heavy atom. The minimum Gasteiger partial charge on any atom is -0.379 e. The van der Waals surface area contributed by atoms with Gasteiger partial charge in [0.15, 0.2) is 0 Å². The Morgan fingerprint density at radius 3 is 2.40 bits per heavy atom. The average Bonchev–Trinajstić information content (AvgIpc) is 2.54. The summed E-state index contributed by atoms with van der Waals surface area (Å²) in [7, 11) is -1.26. The third-order valence-electron chi connectivity index (χ3n) is 5.33. The molecule has 1 atom stereocenters. The van der Waals surface area contributed by atoms with E-state index < -0.39 is 10.0 Å². The first kappa shape index (κ1) is 18.8. The zero-order valence-electron chi connectivity index (χ0n) is 15.4. The van der Waals surface area contributed by atoms with Crippen molar-refractivity contribution in [3.8, 4) is 0 Å². The highest BCUT2D eigenvalue weighted by molar-refractivity contribution is 7.89. The van der Waals surface area contributed by atoms with Crippen LogP contribution in [0.5, 0.6) is 0 Å². The Morgan fingerprint density at radius 1 is 1.20 bits per heavy atom. The number of nitrogens with zero attached hydrogens (tertiary/aromatic N) is 3. The summed E-state index contributed by atoms with van der Waals surface area (Å²) >= 11 is 0. The molecule has 2 heterocycles. The maximum absolute atomic E-state index is 12.6. The van der Waals surface area contributed by atoms with Crippen LogP contribution in [0.2, 0.25) is 0 Å². The second-order valence-electron chi connectivity index (χ2n) is 7.23. The number of aryl methyl sites for hydroxylation is 1. The summed E-state index contributed by atoms with van der Waals surface area (Å²) in [6.45, 7) is 9.86. The molecule has 0 radical (unpaired) electrons. The van der Waals surface area contributed by atoms with Crippen molar-refractivity contribution >= 4 is 10.0 Å². The lowest BCUT2D eigenvalue weighted by Crippen LogP contribution is -2.61. The van der Waals surface area contributed by atoms with Crippen LogP contribution in [-0.2, 0) is 14.8 Å². The van der Waals surface area contributed by atoms with Crippen molar-refractivity contribution in [2.24, 2.45) is 0 Å². The standard InChI is InChI=1S/C18H29N3O3S/c1-15-4-6-18(7-5-15)25(22,23)21-13-17(14-21)19(3)12-16(2)20-8-10-24-11-9-20/h4-7,16-17H,8-14H2,1-3H3. The average molecular weight is 368 g/mol. The fourth-order valence-electron chi connectivity index (χ4n) is 3.45. The van der Waals surface area contributed by atoms with E-state index >= 15 is 0 Å². The Balaban J connectivity index is 1.51. The van der Waals surface area contributed by atoms with Crippen LogP contribution >= 0.6 is 0 Å². The molecule has 2 aliphatic heterocycles. The van der Waals surface area contributed by atoms with Gasteiger partial charge in [-0.2, -0.15) is 4.31 Å². The number of benzene rings is 1. The van der Waals surface area contributed by atoms with Crippen LogP contribution in [0.3, 0.4) is 0 Å². The summed E-state index contributed by atoms with van der Waals surface area (Å²) in [5.41, 5.74) is 1.07. The molecule has 2 saturated heterocycles. The van der Waals surface area contributed by atoms with Gasteiger partial charge in [-0.25, -0.2) is 8.42 Å². The third-order valence-corrected chi connectivity index (χ3v) is 7.18. The highest BCUT2D eigenvalue weighted by Gasteiger charge is 2.39. The Labute approximate surface area is 151 Å². The van der Waals surface area contributed by atoms with E-state index in [1.54, 1.807) is 16.4 Å². The number of hydrogen-bond donors (Lipinski definition) is 0. The highest BCUT2D eigenvalue weighted by Crippen LogP contribution is 2.24. The van der Waals surface area contributed by atoms with Gasteiger partial charge in [-0.05, 0) is 33.0 Å². The number of hydrogen-bond acceptors (Lipinski definition) is 5. The molecule has 25 heavy (non-hydrogen) atoms. The van der Waals surface area contributed by atoms with Gasteiger partial charge in [0, 0.05) is 44.8 Å². The van der Waals surface area contributed by atoms with Crippen molar-refractivity contribution in [2.45, 2.75) is 30.8 Å². The molecule has 0 aliphatic carbocycles. The summed E-state index contributed by atoms with van der Waals surface area (Å²) in [6, 6.07) is 7.84. The predicted molar refractivity (Wildman–Crippen MR) is 98.2 cm³/mol. The topological polar surface area (TPSA) is 53.1 Å². The first-order valence-electron chi connectivity index (χ1n) is 8.97. The maximum Gasteiger partial charge on any atom is 0.243 e. The summed E-state index contributed by atoms with van der Waals surface area (Å²) in [6.07, 6.45) is 0. The van der Waals surface area contributed by atoms with Crippen molar-refractivity contribution in [3.05, 3.63) is 29.8 Å². The van der Waals surface area contributed by atoms with Gasteiger partial charge in [-0.15, -0.1) is 0 Å². The monoisotopic (exact) mass is 367 g/mol. The molecule has 140 valence electrons. The van der Waals surface area contributed by atoms with E-state index in [9.17, 15) is 8.42 Å². The van der Waals surface area contributed by atoms with E-state index in [1.165, 1.54) is 0 Å². The summed E-state index contributed by atoms with van der Waals surface area (Å²) in [5.74, 6) is 0. The Kier molecular flexibility index (Phi) is 5.80. The van der Waals surface area contributed by atoms with Crippen molar-refractivity contribution in [3.63, 3.8) is 0 Å². The van der Waals surface area contributed by atoms with E-state index in [-0.39, 0.29) is 0 Å². The van der Waals surface area contributed by atoms with Crippen LogP contribution in [0.15, 0.2) is 29.2 Å². The number of likely N-dealkylation sites (N-methyl/N-ethyl adjacent to an activating group) is 1. The van der Waals surface area contributed by atoms with Crippen LogP contribution < -0.4 is 0 Å².